The van der Waals surface area contributed by atoms with Crippen molar-refractivity contribution in [1.29, 1.82) is 0 Å². The molecule has 0 fully saturated rings. The average molecular weight is 246 g/mol. The fourth-order valence-corrected chi connectivity index (χ4v) is 2.59. The number of rotatable bonds is 3. The van der Waals surface area contributed by atoms with Crippen LogP contribution >= 0.6 is 11.3 Å². The molecule has 0 saturated carbocycles. The van der Waals surface area contributed by atoms with Gasteiger partial charge in [-0.2, -0.15) is 0 Å². The third-order valence-corrected chi connectivity index (χ3v) is 3.56. The molecule has 5 heteroatoms. The Kier molecular flexibility index (Phi) is 2.49. The number of nitrogens with two attached hydrogens (primary N) is 1. The molecule has 0 aliphatic heterocycles. The number of fused-ring (bicyclic) bond motifs is 1. The highest BCUT2D eigenvalue weighted by molar-refractivity contribution is 7.15. The molecule has 0 radical (unpaired) electrons. The second-order valence-corrected chi connectivity index (χ2v) is 5.10. The van der Waals surface area contributed by atoms with E-state index in [1.165, 1.54) is 0 Å². The van der Waals surface area contributed by atoms with Gasteiger partial charge in [-0.25, -0.2) is 4.98 Å². The summed E-state index contributed by atoms with van der Waals surface area (Å²) in [6, 6.07) is 2.14. The van der Waals surface area contributed by atoms with Gasteiger partial charge in [0, 0.05) is 36.2 Å². The minimum atomic E-state index is 0.0849. The fraction of sp³-hybridized carbons (Fsp3) is 0.250. The van der Waals surface area contributed by atoms with Gasteiger partial charge in [0.05, 0.1) is 12.2 Å². The highest BCUT2D eigenvalue weighted by atomic mass is 32.1. The first kappa shape index (κ1) is 10.6. The molecule has 0 spiro atoms. The van der Waals surface area contributed by atoms with E-state index in [4.69, 9.17) is 5.73 Å². The van der Waals surface area contributed by atoms with Gasteiger partial charge < -0.3 is 10.3 Å². The lowest BCUT2D eigenvalue weighted by Gasteiger charge is -2.01. The Bertz CT molecular complexity index is 603. The third kappa shape index (κ3) is 1.99. The van der Waals surface area contributed by atoms with Crippen LogP contribution in [0.5, 0.6) is 0 Å². The van der Waals surface area contributed by atoms with Gasteiger partial charge in [0.2, 0.25) is 0 Å². The molecule has 3 aromatic heterocycles. The van der Waals surface area contributed by atoms with Crippen molar-refractivity contribution in [3.63, 3.8) is 0 Å². The summed E-state index contributed by atoms with van der Waals surface area (Å²) in [5.74, 6) is 0. The number of hydrogen-bond acceptors (Lipinski definition) is 3. The summed E-state index contributed by atoms with van der Waals surface area (Å²) in [4.78, 5) is 5.59. The predicted octanol–water partition coefficient (Wildman–Crippen LogP) is 2.27. The molecule has 17 heavy (non-hydrogen) atoms. The zero-order chi connectivity index (χ0) is 11.8. The van der Waals surface area contributed by atoms with E-state index in [1.54, 1.807) is 11.3 Å². The van der Waals surface area contributed by atoms with E-state index >= 15 is 0 Å². The number of imidazole rings is 1. The summed E-state index contributed by atoms with van der Waals surface area (Å²) in [7, 11) is 0. The van der Waals surface area contributed by atoms with Crippen LogP contribution in [0.4, 0.5) is 0 Å². The summed E-state index contributed by atoms with van der Waals surface area (Å²) >= 11 is 1.65. The monoisotopic (exact) mass is 246 g/mol. The molecule has 0 saturated heterocycles. The summed E-state index contributed by atoms with van der Waals surface area (Å²) in [5.41, 5.74) is 8.06. The van der Waals surface area contributed by atoms with E-state index in [9.17, 15) is 0 Å². The second-order valence-electron chi connectivity index (χ2n) is 4.23. The van der Waals surface area contributed by atoms with Crippen molar-refractivity contribution in [3.05, 3.63) is 47.5 Å². The quantitative estimate of drug-likeness (QED) is 0.770. The van der Waals surface area contributed by atoms with Gasteiger partial charge >= 0.3 is 0 Å². The topological polar surface area (TPSA) is 48.2 Å². The van der Waals surface area contributed by atoms with Crippen molar-refractivity contribution in [2.24, 2.45) is 5.73 Å². The Morgan fingerprint density at radius 2 is 2.29 bits per heavy atom. The molecule has 3 aromatic rings. The van der Waals surface area contributed by atoms with Gasteiger partial charge in [0.25, 0.3) is 0 Å². The van der Waals surface area contributed by atoms with Crippen molar-refractivity contribution in [3.8, 4) is 0 Å². The molecule has 0 amide bonds. The molecular weight excluding hydrogens is 232 g/mol. The molecule has 88 valence electrons. The highest BCUT2D eigenvalue weighted by Gasteiger charge is 2.05. The van der Waals surface area contributed by atoms with Gasteiger partial charge in [-0.15, -0.1) is 11.3 Å². The Hall–Kier alpha value is -1.59. The van der Waals surface area contributed by atoms with E-state index in [-0.39, 0.29) is 6.04 Å². The van der Waals surface area contributed by atoms with Gasteiger partial charge in [-0.05, 0) is 18.6 Å². The standard InChI is InChI=1S/C12H14N4S/c1-9(13)10-2-3-15(6-10)7-11-8-16-4-5-17-12(16)14-11/h2-6,8-9H,7,13H2,1H3. The lowest BCUT2D eigenvalue weighted by Crippen LogP contribution is -2.04. The molecule has 0 aromatic carbocycles. The number of nitrogens with zero attached hydrogens (tertiary/aromatic N) is 3. The van der Waals surface area contributed by atoms with Crippen molar-refractivity contribution >= 4 is 16.3 Å². The molecule has 0 aliphatic rings. The fourth-order valence-electron chi connectivity index (χ4n) is 1.87. The predicted molar refractivity (Wildman–Crippen MR) is 69.2 cm³/mol. The van der Waals surface area contributed by atoms with E-state index < -0.39 is 0 Å². The molecular formula is C12H14N4S. The Morgan fingerprint density at radius 3 is 3.00 bits per heavy atom. The summed E-state index contributed by atoms with van der Waals surface area (Å²) in [6.45, 7) is 2.79. The van der Waals surface area contributed by atoms with Gasteiger partial charge in [0.15, 0.2) is 4.96 Å². The molecule has 1 atom stereocenters. The zero-order valence-corrected chi connectivity index (χ0v) is 10.4. The van der Waals surface area contributed by atoms with Crippen molar-refractivity contribution in [2.45, 2.75) is 19.5 Å². The first-order valence-electron chi connectivity index (χ1n) is 5.55. The van der Waals surface area contributed by atoms with Gasteiger partial charge in [-0.1, -0.05) is 0 Å². The second kappa shape index (κ2) is 4.01. The van der Waals surface area contributed by atoms with E-state index in [0.29, 0.717) is 0 Å². The lowest BCUT2D eigenvalue weighted by molar-refractivity contribution is 0.766. The summed E-state index contributed by atoms with van der Waals surface area (Å²) in [6.07, 6.45) is 8.22. The van der Waals surface area contributed by atoms with Crippen LogP contribution < -0.4 is 5.73 Å². The van der Waals surface area contributed by atoms with Crippen LogP contribution in [0.15, 0.2) is 36.2 Å². The maximum Gasteiger partial charge on any atom is 0.193 e. The molecule has 1 unspecified atom stereocenters. The molecule has 3 rings (SSSR count). The van der Waals surface area contributed by atoms with Crippen LogP contribution in [0.25, 0.3) is 4.96 Å². The third-order valence-electron chi connectivity index (χ3n) is 2.79. The first-order chi connectivity index (χ1) is 8.22. The summed E-state index contributed by atoms with van der Waals surface area (Å²) < 4.78 is 4.17. The SMILES string of the molecule is CC(N)c1ccn(Cc2cn3ccsc3n2)c1. The van der Waals surface area contributed by atoms with Crippen molar-refractivity contribution < 1.29 is 0 Å². The smallest absolute Gasteiger partial charge is 0.193 e. The Morgan fingerprint density at radius 1 is 1.41 bits per heavy atom. The molecule has 0 bridgehead atoms. The minimum Gasteiger partial charge on any atom is -0.348 e. The van der Waals surface area contributed by atoms with Gasteiger partial charge in [-0.3, -0.25) is 4.40 Å². The van der Waals surface area contributed by atoms with Crippen LogP contribution in [-0.2, 0) is 6.54 Å². The molecule has 2 N–H and O–H groups in total. The zero-order valence-electron chi connectivity index (χ0n) is 9.58. The van der Waals surface area contributed by atoms with E-state index in [1.807, 2.05) is 24.7 Å². The number of thiazole rings is 1. The molecule has 0 aliphatic carbocycles. The minimum absolute atomic E-state index is 0.0849. The van der Waals surface area contributed by atoms with Crippen LogP contribution in [0.1, 0.15) is 24.2 Å². The largest absolute Gasteiger partial charge is 0.348 e. The first-order valence-corrected chi connectivity index (χ1v) is 6.42. The highest BCUT2D eigenvalue weighted by Crippen LogP contribution is 2.14. The lowest BCUT2D eigenvalue weighted by atomic mass is 10.2. The van der Waals surface area contributed by atoms with Crippen LogP contribution in [0.2, 0.25) is 0 Å². The average Bonchev–Trinajstić information content (AvgIpc) is 2.91. The summed E-state index contributed by atoms with van der Waals surface area (Å²) in [5, 5.41) is 2.04. The maximum atomic E-state index is 5.83. The number of hydrogen-bond donors (Lipinski definition) is 1. The molecule has 4 nitrogen and oxygen atoms in total. The molecule has 3 heterocycles. The van der Waals surface area contributed by atoms with Crippen LogP contribution in [0, 0.1) is 0 Å². The van der Waals surface area contributed by atoms with Crippen LogP contribution in [0.3, 0.4) is 0 Å². The number of aromatic nitrogens is 3. The Balaban J connectivity index is 1.84. The van der Waals surface area contributed by atoms with Gasteiger partial charge in [0.1, 0.15) is 0 Å². The van der Waals surface area contributed by atoms with Crippen molar-refractivity contribution in [1.82, 2.24) is 14.0 Å². The Labute approximate surface area is 103 Å². The maximum absolute atomic E-state index is 5.83. The van der Waals surface area contributed by atoms with E-state index in [0.717, 1.165) is 22.8 Å². The van der Waals surface area contributed by atoms with E-state index in [2.05, 4.69) is 32.4 Å². The normalized spacial score (nSPS) is 13.3. The van der Waals surface area contributed by atoms with Crippen molar-refractivity contribution in [2.75, 3.05) is 0 Å². The van der Waals surface area contributed by atoms with Crippen LogP contribution in [-0.4, -0.2) is 14.0 Å².